The second-order valence-electron chi connectivity index (χ2n) is 11.0. The number of benzene rings is 1. The van der Waals surface area contributed by atoms with E-state index < -0.39 is 11.2 Å². The van der Waals surface area contributed by atoms with Crippen LogP contribution in [0.4, 0.5) is 16.2 Å². The van der Waals surface area contributed by atoms with Gasteiger partial charge in [-0.15, -0.1) is 0 Å². The maximum atomic E-state index is 15.0. The van der Waals surface area contributed by atoms with Crippen LogP contribution in [0.15, 0.2) is 49.2 Å². The number of likely N-dealkylation sites (tertiary alicyclic amines) is 1. The van der Waals surface area contributed by atoms with E-state index in [2.05, 4.69) is 54.7 Å². The predicted octanol–water partition coefficient (Wildman–Crippen LogP) is 4.18. The SMILES string of the molecule is CC[C@@](C)(CNc1cc(-c2cnc(NC3CCN(C(C)=O)CC3)nc2)ncn1)c1ccc(F)c2c(C(=O)NC)ccnc12. The number of aromatic nitrogens is 5. The van der Waals surface area contributed by atoms with Crippen LogP contribution in [0.2, 0.25) is 0 Å². The average Bonchev–Trinajstić information content (AvgIpc) is 3.04. The monoisotopic (exact) mass is 585 g/mol. The van der Waals surface area contributed by atoms with Gasteiger partial charge in [-0.25, -0.2) is 24.3 Å². The van der Waals surface area contributed by atoms with E-state index in [1.165, 1.54) is 31.7 Å². The van der Waals surface area contributed by atoms with Crippen LogP contribution in [0, 0.1) is 5.82 Å². The molecule has 0 bridgehead atoms. The van der Waals surface area contributed by atoms with Gasteiger partial charge in [0.05, 0.1) is 16.8 Å². The number of hydrogen-bond acceptors (Lipinski definition) is 9. The lowest BCUT2D eigenvalue weighted by atomic mass is 9.78. The molecule has 1 atom stereocenters. The third kappa shape index (κ3) is 6.37. The molecule has 3 aromatic heterocycles. The van der Waals surface area contributed by atoms with Crippen molar-refractivity contribution in [2.45, 2.75) is 51.5 Å². The molecule has 4 heterocycles. The molecule has 11 nitrogen and oxygen atoms in total. The van der Waals surface area contributed by atoms with Crippen molar-refractivity contribution in [2.75, 3.05) is 37.3 Å². The van der Waals surface area contributed by atoms with Gasteiger partial charge in [-0.1, -0.05) is 19.9 Å². The summed E-state index contributed by atoms with van der Waals surface area (Å²) in [6, 6.07) is 6.73. The van der Waals surface area contributed by atoms with Gasteiger partial charge < -0.3 is 20.9 Å². The Morgan fingerprint density at radius 1 is 1.07 bits per heavy atom. The minimum Gasteiger partial charge on any atom is -0.369 e. The third-order valence-corrected chi connectivity index (χ3v) is 8.29. The van der Waals surface area contributed by atoms with E-state index in [4.69, 9.17) is 0 Å². The number of rotatable bonds is 9. The molecule has 224 valence electrons. The summed E-state index contributed by atoms with van der Waals surface area (Å²) in [4.78, 5) is 48.1. The molecule has 0 spiro atoms. The molecule has 5 rings (SSSR count). The second kappa shape index (κ2) is 12.6. The first-order chi connectivity index (χ1) is 20.7. The zero-order valence-electron chi connectivity index (χ0n) is 24.8. The zero-order valence-corrected chi connectivity index (χ0v) is 24.8. The largest absolute Gasteiger partial charge is 0.369 e. The Kier molecular flexibility index (Phi) is 8.74. The summed E-state index contributed by atoms with van der Waals surface area (Å²) in [5, 5.41) is 9.57. The molecule has 0 unspecified atom stereocenters. The molecule has 2 amide bonds. The summed E-state index contributed by atoms with van der Waals surface area (Å²) >= 11 is 0. The van der Waals surface area contributed by atoms with Gasteiger partial charge in [0.1, 0.15) is 18.0 Å². The minimum atomic E-state index is -0.487. The summed E-state index contributed by atoms with van der Waals surface area (Å²) in [7, 11) is 1.52. The Morgan fingerprint density at radius 2 is 1.81 bits per heavy atom. The summed E-state index contributed by atoms with van der Waals surface area (Å²) in [6.07, 6.45) is 8.89. The molecule has 3 N–H and O–H groups in total. The molecule has 4 aromatic rings. The number of carbonyl (C=O) groups excluding carboxylic acids is 2. The summed E-state index contributed by atoms with van der Waals surface area (Å²) in [5.74, 6) is 0.412. The number of nitrogens with one attached hydrogen (secondary N) is 3. The fraction of sp³-hybridized carbons (Fsp3) is 0.387. The van der Waals surface area contributed by atoms with Crippen molar-refractivity contribution in [3.63, 3.8) is 0 Å². The third-order valence-electron chi connectivity index (χ3n) is 8.29. The standard InChI is InChI=1S/C31H36FN9O2/c1-5-31(3,23-6-7-24(32)27-22(29(43)33-4)8-11-34-28(23)27)17-37-26-14-25(38-18-39-26)20-15-35-30(36-16-20)40-21-9-12-41(13-10-21)19(2)42/h6-8,11,14-16,18,21H,5,9-10,12-13,17H2,1-4H3,(H,33,43)(H,35,36,40)(H,37,38,39)/t31-/m0/s1. The predicted molar refractivity (Wildman–Crippen MR) is 163 cm³/mol. The maximum Gasteiger partial charge on any atom is 0.251 e. The zero-order chi connectivity index (χ0) is 30.6. The Bertz CT molecular complexity index is 1620. The van der Waals surface area contributed by atoms with Crippen molar-refractivity contribution in [2.24, 2.45) is 0 Å². The van der Waals surface area contributed by atoms with Gasteiger partial charge in [-0.2, -0.15) is 0 Å². The van der Waals surface area contributed by atoms with Crippen molar-refractivity contribution >= 4 is 34.5 Å². The van der Waals surface area contributed by atoms with E-state index in [9.17, 15) is 14.0 Å². The number of hydrogen-bond donors (Lipinski definition) is 3. The second-order valence-corrected chi connectivity index (χ2v) is 11.0. The number of piperidine rings is 1. The van der Waals surface area contributed by atoms with E-state index >= 15 is 0 Å². The van der Waals surface area contributed by atoms with Crippen LogP contribution < -0.4 is 16.0 Å². The van der Waals surface area contributed by atoms with E-state index in [0.717, 1.165) is 43.5 Å². The Morgan fingerprint density at radius 3 is 2.49 bits per heavy atom. The van der Waals surface area contributed by atoms with Crippen LogP contribution in [-0.4, -0.2) is 74.4 Å². The topological polar surface area (TPSA) is 138 Å². The molecule has 1 aliphatic rings. The van der Waals surface area contributed by atoms with Gasteiger partial charge in [0, 0.05) is 80.7 Å². The van der Waals surface area contributed by atoms with Crippen LogP contribution >= 0.6 is 0 Å². The molecular formula is C31H36FN9O2. The van der Waals surface area contributed by atoms with Gasteiger partial charge in [0.15, 0.2) is 0 Å². The van der Waals surface area contributed by atoms with Gasteiger partial charge in [-0.3, -0.25) is 14.6 Å². The number of halogens is 1. The molecule has 12 heteroatoms. The van der Waals surface area contributed by atoms with Gasteiger partial charge in [-0.05, 0) is 37.0 Å². The van der Waals surface area contributed by atoms with Crippen LogP contribution in [0.25, 0.3) is 22.2 Å². The maximum absolute atomic E-state index is 15.0. The number of amides is 2. The molecule has 1 aliphatic heterocycles. The normalized spacial score (nSPS) is 15.1. The summed E-state index contributed by atoms with van der Waals surface area (Å²) in [5.41, 5.74) is 2.51. The van der Waals surface area contributed by atoms with Crippen molar-refractivity contribution in [3.05, 3.63) is 66.1 Å². The molecular weight excluding hydrogens is 549 g/mol. The number of nitrogens with zero attached hydrogens (tertiary/aromatic N) is 6. The molecule has 0 aliphatic carbocycles. The Labute approximate surface area is 249 Å². The van der Waals surface area contributed by atoms with Gasteiger partial charge >= 0.3 is 0 Å². The molecule has 0 saturated carbocycles. The molecule has 0 radical (unpaired) electrons. The van der Waals surface area contributed by atoms with E-state index in [-0.39, 0.29) is 28.8 Å². The highest BCUT2D eigenvalue weighted by Crippen LogP contribution is 2.35. The lowest BCUT2D eigenvalue weighted by molar-refractivity contribution is -0.129. The summed E-state index contributed by atoms with van der Waals surface area (Å²) in [6.45, 7) is 7.67. The quantitative estimate of drug-likeness (QED) is 0.264. The van der Waals surface area contributed by atoms with Crippen molar-refractivity contribution < 1.29 is 14.0 Å². The fourth-order valence-corrected chi connectivity index (χ4v) is 5.40. The lowest BCUT2D eigenvalue weighted by Crippen LogP contribution is -2.41. The van der Waals surface area contributed by atoms with Crippen LogP contribution in [-0.2, 0) is 10.2 Å². The van der Waals surface area contributed by atoms with Gasteiger partial charge in [0.25, 0.3) is 5.91 Å². The average molecular weight is 586 g/mol. The lowest BCUT2D eigenvalue weighted by Gasteiger charge is -2.31. The van der Waals surface area contributed by atoms with Crippen LogP contribution in [0.3, 0.4) is 0 Å². The first-order valence-electron chi connectivity index (χ1n) is 14.4. The van der Waals surface area contributed by atoms with Crippen molar-refractivity contribution in [3.8, 4) is 11.3 Å². The van der Waals surface area contributed by atoms with E-state index in [1.807, 2.05) is 11.0 Å². The minimum absolute atomic E-state index is 0.106. The first kappa shape index (κ1) is 29.7. The van der Waals surface area contributed by atoms with Crippen molar-refractivity contribution in [1.29, 1.82) is 0 Å². The number of carbonyl (C=O) groups is 2. The first-order valence-corrected chi connectivity index (χ1v) is 14.4. The molecule has 1 saturated heterocycles. The Hall–Kier alpha value is -4.74. The molecule has 1 aromatic carbocycles. The highest BCUT2D eigenvalue weighted by molar-refractivity contribution is 6.06. The van der Waals surface area contributed by atoms with Crippen LogP contribution in [0.1, 0.15) is 56.0 Å². The fourth-order valence-electron chi connectivity index (χ4n) is 5.40. The Balaban J connectivity index is 1.30. The number of fused-ring (bicyclic) bond motifs is 1. The van der Waals surface area contributed by atoms with E-state index in [1.54, 1.807) is 25.4 Å². The van der Waals surface area contributed by atoms with Crippen molar-refractivity contribution in [1.82, 2.24) is 35.1 Å². The molecule has 1 fully saturated rings. The van der Waals surface area contributed by atoms with Crippen LogP contribution in [0.5, 0.6) is 0 Å². The highest BCUT2D eigenvalue weighted by Gasteiger charge is 2.29. The number of pyridine rings is 1. The van der Waals surface area contributed by atoms with E-state index in [0.29, 0.717) is 29.5 Å². The van der Waals surface area contributed by atoms with Gasteiger partial charge in [0.2, 0.25) is 11.9 Å². The summed E-state index contributed by atoms with van der Waals surface area (Å²) < 4.78 is 15.0. The highest BCUT2D eigenvalue weighted by atomic mass is 19.1. The molecule has 43 heavy (non-hydrogen) atoms. The number of anilines is 2. The smallest absolute Gasteiger partial charge is 0.251 e.